The fourth-order valence-corrected chi connectivity index (χ4v) is 11.5. The average molecular weight is 1250 g/mol. The maximum absolute atomic E-state index is 14.6. The summed E-state index contributed by atoms with van der Waals surface area (Å²) < 4.78 is 0. The van der Waals surface area contributed by atoms with Crippen LogP contribution >= 0.6 is 21.6 Å². The summed E-state index contributed by atoms with van der Waals surface area (Å²) in [5.74, 6) is -10.7. The first-order valence-corrected chi connectivity index (χ1v) is 30.4. The molecule has 0 spiro atoms. The van der Waals surface area contributed by atoms with Gasteiger partial charge in [-0.15, -0.1) is 0 Å². The number of carbonyl (C=O) groups is 12. The molecule has 0 unspecified atom stereocenters. The van der Waals surface area contributed by atoms with E-state index >= 15 is 0 Å². The van der Waals surface area contributed by atoms with Crippen LogP contribution in [-0.2, 0) is 76.8 Å². The van der Waals surface area contributed by atoms with Crippen molar-refractivity contribution in [2.24, 2.45) is 51.0 Å². The van der Waals surface area contributed by atoms with Crippen LogP contribution in [0, 0.1) is 5.92 Å². The summed E-state index contributed by atoms with van der Waals surface area (Å²) >= 11 is 0. The normalized spacial score (nSPS) is 21.3. The van der Waals surface area contributed by atoms with Crippen LogP contribution in [0.2, 0.25) is 0 Å². The first-order valence-electron chi connectivity index (χ1n) is 27.9. The number of hydrogen-bond donors (Lipinski definition) is 14. The zero-order valence-electron chi connectivity index (χ0n) is 47.8. The van der Waals surface area contributed by atoms with E-state index in [1.165, 1.54) is 29.2 Å². The molecule has 2 aliphatic heterocycles. The topological polar surface area (TPSA) is 503 Å². The van der Waals surface area contributed by atoms with Gasteiger partial charge in [0.2, 0.25) is 53.2 Å². The van der Waals surface area contributed by atoms with Gasteiger partial charge in [-0.1, -0.05) is 76.2 Å². The molecule has 9 atom stereocenters. The van der Waals surface area contributed by atoms with Crippen LogP contribution in [0.15, 0.2) is 83.9 Å². The second kappa shape index (κ2) is 36.4. The van der Waals surface area contributed by atoms with Gasteiger partial charge in [0.05, 0.1) is 30.1 Å². The van der Waals surface area contributed by atoms with Crippen LogP contribution in [-0.4, -0.2) is 165 Å². The molecular formula is C57H78N14O14S2. The SMILES string of the molecule is NC(=O)CCC(=O)[C@H](CCCN=C(N)N)NC(=O)[C@@H]1CCCN1C(=O)[C@@H]1CSSC[C@H](N)C(=O)N[C@@H](Cc2ccc(O)cc2)C(=O)N[C@@H](Cc2ccccc2)C(=O)N[C@@H](CCC(N)=O)C(=O)C[C@@H](CC(N)=O)C(=O)N1.N[C@H](C=O)Cc1ccc(O)cc1. The molecule has 3 aromatic rings. The van der Waals surface area contributed by atoms with E-state index in [2.05, 4.69) is 31.6 Å². The van der Waals surface area contributed by atoms with Crippen molar-refractivity contribution >= 4 is 98.6 Å². The van der Waals surface area contributed by atoms with Crippen molar-refractivity contribution in [3.63, 3.8) is 0 Å². The summed E-state index contributed by atoms with van der Waals surface area (Å²) in [7, 11) is 2.05. The van der Waals surface area contributed by atoms with E-state index < -0.39 is 138 Å². The standard InChI is InChI=1S/C48H67N13O12S2.C9H11NO2/c49-30-24-74-75-25-35(47(73)61-19-5-9-36(61)46(72)57-31(8-4-18-55-48(53)54)37(63)15-17-40(51)66)60-42(68)28(23-41(52)67)22-38(64)32(14-16-39(50)65)56-44(70)34(20-26-6-2-1-3-7-26)59-45(71)33(58-43(30)69)21-27-10-12-29(62)13-11-27;10-8(6-11)5-7-1-3-9(12)4-2-7/h1-3,6-7,10-13,28,30-36,62H,4-5,8-9,14-25,49H2,(H2,50,65)(H2,51,66)(H2,52,67)(H,56,70)(H,57,72)(H,58,69)(H,59,71)(H,60,68)(H4,53,54,55);1-4,6,8,12H,5,10H2/t28-,30-,31-,32-,33-,34-,35-,36-;8-/m00/s1. The molecule has 0 saturated carbocycles. The lowest BCUT2D eigenvalue weighted by Crippen LogP contribution is -2.58. The Morgan fingerprint density at radius 2 is 1.25 bits per heavy atom. The number of hydrogen-bond acceptors (Lipinski definition) is 19. The van der Waals surface area contributed by atoms with Gasteiger partial charge in [0, 0.05) is 69.5 Å². The van der Waals surface area contributed by atoms with Gasteiger partial charge < -0.3 is 86.6 Å². The number of guanidine groups is 1. The van der Waals surface area contributed by atoms with Crippen LogP contribution in [0.3, 0.4) is 0 Å². The number of nitrogens with zero attached hydrogens (tertiary/aromatic N) is 2. The van der Waals surface area contributed by atoms with Gasteiger partial charge in [0.1, 0.15) is 42.0 Å². The van der Waals surface area contributed by atoms with Gasteiger partial charge in [-0.05, 0) is 79.5 Å². The van der Waals surface area contributed by atoms with Crippen molar-refractivity contribution in [1.82, 2.24) is 31.5 Å². The number of nitrogens with two attached hydrogens (primary N) is 7. The number of nitrogens with one attached hydrogen (secondary N) is 5. The Morgan fingerprint density at radius 1 is 0.690 bits per heavy atom. The summed E-state index contributed by atoms with van der Waals surface area (Å²) in [5.41, 5.74) is 41.0. The number of primary amides is 3. The highest BCUT2D eigenvalue weighted by Crippen LogP contribution is 2.27. The van der Waals surface area contributed by atoms with E-state index in [9.17, 15) is 62.6 Å². The van der Waals surface area contributed by atoms with Crippen LogP contribution < -0.4 is 66.7 Å². The van der Waals surface area contributed by atoms with E-state index in [1.807, 2.05) is 0 Å². The molecule has 0 aromatic heterocycles. The first kappa shape index (κ1) is 70.9. The second-order valence-corrected chi connectivity index (χ2v) is 23.4. The van der Waals surface area contributed by atoms with Gasteiger partial charge in [-0.25, -0.2) is 0 Å². The van der Waals surface area contributed by atoms with Crippen molar-refractivity contribution in [3.8, 4) is 11.5 Å². The predicted octanol–water partition coefficient (Wildman–Crippen LogP) is -2.62. The number of aliphatic imine (C=N–C) groups is 1. The third-order valence-electron chi connectivity index (χ3n) is 13.8. The van der Waals surface area contributed by atoms with Crippen molar-refractivity contribution < 1.29 is 67.7 Å². The Labute approximate surface area is 510 Å². The van der Waals surface area contributed by atoms with Crippen LogP contribution in [0.25, 0.3) is 0 Å². The zero-order chi connectivity index (χ0) is 64.2. The minimum absolute atomic E-state index is 0.0333. The molecule has 87 heavy (non-hydrogen) atoms. The fraction of sp³-hybridized carbons (Fsp3) is 0.456. The number of amides is 9. The van der Waals surface area contributed by atoms with E-state index in [0.29, 0.717) is 30.3 Å². The Kier molecular flexibility index (Phi) is 29.7. The number of ketones is 2. The largest absolute Gasteiger partial charge is 0.508 e. The molecule has 9 amide bonds. The minimum atomic E-state index is -1.54. The van der Waals surface area contributed by atoms with E-state index in [4.69, 9.17) is 45.2 Å². The minimum Gasteiger partial charge on any atom is -0.508 e. The van der Waals surface area contributed by atoms with Crippen LogP contribution in [0.5, 0.6) is 11.5 Å². The summed E-state index contributed by atoms with van der Waals surface area (Å²) in [5, 5.41) is 32.1. The van der Waals surface area contributed by atoms with Crippen molar-refractivity contribution in [2.45, 2.75) is 132 Å². The first-order chi connectivity index (χ1) is 41.3. The zero-order valence-corrected chi connectivity index (χ0v) is 49.5. The molecular weight excluding hydrogens is 1170 g/mol. The van der Waals surface area contributed by atoms with E-state index in [0.717, 1.165) is 27.2 Å². The second-order valence-electron chi connectivity index (χ2n) is 20.8. The number of aromatic hydroxyl groups is 2. The number of rotatable bonds is 23. The molecule has 5 rings (SSSR count). The van der Waals surface area contributed by atoms with Gasteiger partial charge in [0.25, 0.3) is 0 Å². The molecule has 2 aliphatic rings. The van der Waals surface area contributed by atoms with E-state index in [-0.39, 0.29) is 93.4 Å². The summed E-state index contributed by atoms with van der Waals surface area (Å²) in [6.45, 7) is 0.156. The van der Waals surface area contributed by atoms with Crippen LogP contribution in [0.4, 0.5) is 0 Å². The third-order valence-corrected chi connectivity index (χ3v) is 16.2. The third kappa shape index (κ3) is 25.5. The molecule has 0 bridgehead atoms. The Morgan fingerprint density at radius 3 is 1.83 bits per heavy atom. The van der Waals surface area contributed by atoms with E-state index in [1.54, 1.807) is 54.6 Å². The van der Waals surface area contributed by atoms with Gasteiger partial charge in [-0.3, -0.25) is 57.7 Å². The molecule has 2 fully saturated rings. The number of carbonyl (C=O) groups excluding carboxylic acids is 12. The van der Waals surface area contributed by atoms with Gasteiger partial charge in [0.15, 0.2) is 17.5 Å². The highest BCUT2D eigenvalue weighted by atomic mass is 33.1. The summed E-state index contributed by atoms with van der Waals surface area (Å²) in [6, 6.07) is 11.3. The lowest BCUT2D eigenvalue weighted by molar-refractivity contribution is -0.142. The molecule has 2 saturated heterocycles. The Balaban J connectivity index is 0.00000120. The Bertz CT molecular complexity index is 2900. The number of phenolic OH excluding ortho intramolecular Hbond substituents is 2. The summed E-state index contributed by atoms with van der Waals surface area (Å²) in [4.78, 5) is 164. The quantitative estimate of drug-likeness (QED) is 0.0152. The predicted molar refractivity (Wildman–Crippen MR) is 324 cm³/mol. The lowest BCUT2D eigenvalue weighted by Gasteiger charge is -2.30. The molecule has 21 N–H and O–H groups in total. The fourth-order valence-electron chi connectivity index (χ4n) is 9.18. The maximum atomic E-state index is 14.6. The molecule has 2 heterocycles. The highest BCUT2D eigenvalue weighted by Gasteiger charge is 2.41. The number of aldehydes is 1. The maximum Gasteiger partial charge on any atom is 0.246 e. The molecule has 3 aromatic carbocycles. The highest BCUT2D eigenvalue weighted by molar-refractivity contribution is 8.76. The van der Waals surface area contributed by atoms with Gasteiger partial charge in [-0.2, -0.15) is 0 Å². The molecule has 0 aliphatic carbocycles. The molecule has 28 nitrogen and oxygen atoms in total. The lowest BCUT2D eigenvalue weighted by atomic mass is 9.92. The summed E-state index contributed by atoms with van der Waals surface area (Å²) in [6.07, 6.45) is -1.01. The Hall–Kier alpha value is -8.61. The van der Waals surface area contributed by atoms with Crippen molar-refractivity contribution in [3.05, 3.63) is 95.6 Å². The monoisotopic (exact) mass is 1250 g/mol. The smallest absolute Gasteiger partial charge is 0.246 e. The number of phenols is 2. The van der Waals surface area contributed by atoms with Crippen LogP contribution in [0.1, 0.15) is 80.9 Å². The van der Waals surface area contributed by atoms with Gasteiger partial charge >= 0.3 is 0 Å². The molecule has 0 radical (unpaired) electrons. The average Bonchev–Trinajstić information content (AvgIpc) is 3.06. The molecule has 30 heteroatoms. The van der Waals surface area contributed by atoms with Crippen molar-refractivity contribution in [1.29, 1.82) is 0 Å². The number of Topliss-reactive ketones (excluding diaryl/α,β-unsaturated/α-hetero) is 2. The van der Waals surface area contributed by atoms with Crippen molar-refractivity contribution in [2.75, 3.05) is 24.6 Å². The number of benzene rings is 3. The number of likely N-dealkylation sites (tertiary alicyclic amines) is 1. The molecule has 472 valence electrons.